The zero-order chi connectivity index (χ0) is 15.6. The highest BCUT2D eigenvalue weighted by molar-refractivity contribution is 7.95. The van der Waals surface area contributed by atoms with Crippen molar-refractivity contribution in [1.29, 1.82) is 0 Å². The molecule has 2 aromatic carbocycles. The van der Waals surface area contributed by atoms with Gasteiger partial charge in [-0.1, -0.05) is 65.1 Å². The van der Waals surface area contributed by atoms with E-state index in [1.807, 2.05) is 0 Å². The molecular weight excluding hydrogens is 355 g/mol. The molecule has 110 valence electrons. The maximum Gasteiger partial charge on any atom is 0.295 e. The third-order valence-electron chi connectivity index (χ3n) is 2.63. The zero-order valence-corrected chi connectivity index (χ0v) is 13.5. The Morgan fingerprint density at radius 3 is 2.00 bits per heavy atom. The van der Waals surface area contributed by atoms with Crippen LogP contribution >= 0.6 is 34.8 Å². The Morgan fingerprint density at radius 2 is 1.52 bits per heavy atom. The average molecular weight is 364 g/mol. The maximum absolute atomic E-state index is 11.7. The summed E-state index contributed by atoms with van der Waals surface area (Å²) >= 11 is 17.8. The van der Waals surface area contributed by atoms with Gasteiger partial charge >= 0.3 is 0 Å². The highest BCUT2D eigenvalue weighted by atomic mass is 35.5. The van der Waals surface area contributed by atoms with Gasteiger partial charge in [-0.15, -0.1) is 0 Å². The summed E-state index contributed by atoms with van der Waals surface area (Å²) in [5.74, 6) is 0. The minimum atomic E-state index is -4.52. The minimum Gasteiger partial charge on any atom is -0.282 e. The van der Waals surface area contributed by atoms with Crippen molar-refractivity contribution in [3.63, 3.8) is 0 Å². The first-order valence-electron chi connectivity index (χ1n) is 5.68. The van der Waals surface area contributed by atoms with E-state index in [9.17, 15) is 13.0 Å². The van der Waals surface area contributed by atoms with E-state index in [-0.39, 0.29) is 25.5 Å². The summed E-state index contributed by atoms with van der Waals surface area (Å²) < 4.78 is 32.8. The molecule has 0 saturated heterocycles. The van der Waals surface area contributed by atoms with Crippen LogP contribution in [0.25, 0.3) is 11.0 Å². The smallest absolute Gasteiger partial charge is 0.282 e. The maximum atomic E-state index is 11.7. The van der Waals surface area contributed by atoms with Crippen LogP contribution in [0.15, 0.2) is 42.5 Å². The summed E-state index contributed by atoms with van der Waals surface area (Å²) in [7, 11) is -4.52. The number of halogens is 3. The van der Waals surface area contributed by atoms with Crippen molar-refractivity contribution >= 4 is 55.9 Å². The Bertz CT molecular complexity index is 776. The molecule has 3 nitrogen and oxygen atoms in total. The third-order valence-corrected chi connectivity index (χ3v) is 4.32. The van der Waals surface area contributed by atoms with Crippen molar-refractivity contribution in [2.24, 2.45) is 0 Å². The number of hydrogen-bond donors (Lipinski definition) is 1. The van der Waals surface area contributed by atoms with Gasteiger partial charge in [-0.2, -0.15) is 8.42 Å². The quantitative estimate of drug-likeness (QED) is 0.614. The van der Waals surface area contributed by atoms with Crippen molar-refractivity contribution in [3.05, 3.63) is 68.7 Å². The summed E-state index contributed by atoms with van der Waals surface area (Å²) in [5, 5.41) is 0.336. The summed E-state index contributed by atoms with van der Waals surface area (Å²) in [5.41, 5.74) is 0.585. The fourth-order valence-corrected chi connectivity index (χ4v) is 3.65. The van der Waals surface area contributed by atoms with E-state index < -0.39 is 10.1 Å². The lowest BCUT2D eigenvalue weighted by Gasteiger charge is -2.10. The molecule has 0 saturated carbocycles. The Labute approximate surface area is 137 Å². The molecule has 0 spiro atoms. The molecule has 2 aromatic rings. The third kappa shape index (κ3) is 3.99. The summed E-state index contributed by atoms with van der Waals surface area (Å²) in [6, 6.07) is 11.3. The molecule has 0 radical (unpaired) electrons. The van der Waals surface area contributed by atoms with E-state index >= 15 is 0 Å². The van der Waals surface area contributed by atoms with Gasteiger partial charge in [0.15, 0.2) is 0 Å². The van der Waals surface area contributed by atoms with Gasteiger partial charge in [0.25, 0.3) is 10.1 Å². The molecule has 0 aliphatic heterocycles. The Hall–Kier alpha value is -1.04. The standard InChI is InChI=1S/C14H9Cl3O3S/c15-10-7-11(16)14(12(17)8-10)13(21(18,19)20)6-9-4-2-1-3-5-9/h1-8H,(H,18,19,20)/b13-6-. The predicted molar refractivity (Wildman–Crippen MR) is 87.3 cm³/mol. The van der Waals surface area contributed by atoms with Gasteiger partial charge in [0, 0.05) is 10.6 Å². The molecule has 7 heteroatoms. The van der Waals surface area contributed by atoms with Crippen LogP contribution in [-0.2, 0) is 10.1 Å². The normalized spacial score (nSPS) is 12.5. The van der Waals surface area contributed by atoms with E-state index in [0.29, 0.717) is 5.56 Å². The van der Waals surface area contributed by atoms with E-state index in [0.717, 1.165) is 0 Å². The summed E-state index contributed by atoms with van der Waals surface area (Å²) in [4.78, 5) is -0.389. The highest BCUT2D eigenvalue weighted by Crippen LogP contribution is 2.37. The van der Waals surface area contributed by atoms with E-state index in [1.54, 1.807) is 30.3 Å². The van der Waals surface area contributed by atoms with Crippen LogP contribution in [0.2, 0.25) is 15.1 Å². The van der Waals surface area contributed by atoms with Gasteiger partial charge < -0.3 is 0 Å². The topological polar surface area (TPSA) is 54.4 Å². The van der Waals surface area contributed by atoms with Crippen LogP contribution < -0.4 is 0 Å². The SMILES string of the molecule is O=S(=O)(O)/C(=C\c1ccccc1)c1c(Cl)cc(Cl)cc1Cl. The number of rotatable bonds is 3. The minimum absolute atomic E-state index is 0.00841. The summed E-state index contributed by atoms with van der Waals surface area (Å²) in [6.07, 6.45) is 1.29. The lowest BCUT2D eigenvalue weighted by atomic mass is 10.1. The van der Waals surface area contributed by atoms with Gasteiger partial charge in [-0.25, -0.2) is 0 Å². The van der Waals surface area contributed by atoms with E-state index in [1.165, 1.54) is 18.2 Å². The molecule has 0 aliphatic rings. The van der Waals surface area contributed by atoms with Crippen molar-refractivity contribution < 1.29 is 13.0 Å². The second-order valence-corrected chi connectivity index (χ2v) is 6.78. The monoisotopic (exact) mass is 362 g/mol. The number of benzene rings is 2. The predicted octanol–water partition coefficient (Wildman–Crippen LogP) is 5.03. The highest BCUT2D eigenvalue weighted by Gasteiger charge is 2.22. The van der Waals surface area contributed by atoms with Gasteiger partial charge in [0.05, 0.1) is 10.0 Å². The molecule has 0 fully saturated rings. The molecular formula is C14H9Cl3O3S. The largest absolute Gasteiger partial charge is 0.295 e. The molecule has 0 aliphatic carbocycles. The second-order valence-electron chi connectivity index (χ2n) is 4.14. The molecule has 0 aromatic heterocycles. The van der Waals surface area contributed by atoms with Crippen LogP contribution in [0, 0.1) is 0 Å². The van der Waals surface area contributed by atoms with Crippen LogP contribution in [-0.4, -0.2) is 13.0 Å². The van der Waals surface area contributed by atoms with Crippen molar-refractivity contribution in [1.82, 2.24) is 0 Å². The fourth-order valence-electron chi connectivity index (χ4n) is 1.75. The number of hydrogen-bond acceptors (Lipinski definition) is 2. The molecule has 21 heavy (non-hydrogen) atoms. The molecule has 0 heterocycles. The molecule has 0 amide bonds. The Balaban J connectivity index is 2.72. The Kier molecular flexibility index (Phi) is 4.96. The van der Waals surface area contributed by atoms with Gasteiger partial charge in [-0.3, -0.25) is 4.55 Å². The van der Waals surface area contributed by atoms with Crippen molar-refractivity contribution in [2.75, 3.05) is 0 Å². The Morgan fingerprint density at radius 1 is 1.00 bits per heavy atom. The first-order valence-corrected chi connectivity index (χ1v) is 8.25. The van der Waals surface area contributed by atoms with E-state index in [2.05, 4.69) is 0 Å². The molecule has 0 bridgehead atoms. The van der Waals surface area contributed by atoms with Crippen LogP contribution in [0.5, 0.6) is 0 Å². The fraction of sp³-hybridized carbons (Fsp3) is 0. The zero-order valence-electron chi connectivity index (χ0n) is 10.4. The van der Waals surface area contributed by atoms with Crippen molar-refractivity contribution in [3.8, 4) is 0 Å². The van der Waals surface area contributed by atoms with Crippen LogP contribution in [0.1, 0.15) is 11.1 Å². The van der Waals surface area contributed by atoms with Gasteiger partial charge in [0.2, 0.25) is 0 Å². The molecule has 0 unspecified atom stereocenters. The van der Waals surface area contributed by atoms with Crippen molar-refractivity contribution in [2.45, 2.75) is 0 Å². The molecule has 2 rings (SSSR count). The summed E-state index contributed by atoms with van der Waals surface area (Å²) in [6.45, 7) is 0. The average Bonchev–Trinajstić information content (AvgIpc) is 2.36. The first kappa shape index (κ1) is 16.3. The second kappa shape index (κ2) is 6.38. The van der Waals surface area contributed by atoms with Gasteiger partial charge in [-0.05, 0) is 23.8 Å². The molecule has 0 atom stereocenters. The molecule has 1 N–H and O–H groups in total. The van der Waals surface area contributed by atoms with Gasteiger partial charge in [0.1, 0.15) is 4.91 Å². The lowest BCUT2D eigenvalue weighted by Crippen LogP contribution is -2.02. The van der Waals surface area contributed by atoms with Crippen LogP contribution in [0.3, 0.4) is 0 Å². The van der Waals surface area contributed by atoms with Crippen LogP contribution in [0.4, 0.5) is 0 Å². The first-order chi connectivity index (χ1) is 9.79. The van der Waals surface area contributed by atoms with E-state index in [4.69, 9.17) is 34.8 Å². The lowest BCUT2D eigenvalue weighted by molar-refractivity contribution is 0.496.